The van der Waals surface area contributed by atoms with Crippen LogP contribution in [0.3, 0.4) is 0 Å². The van der Waals surface area contributed by atoms with Gasteiger partial charge in [0, 0.05) is 0 Å². The Bertz CT molecular complexity index is 79.3. The van der Waals surface area contributed by atoms with E-state index in [2.05, 4.69) is 5.32 Å². The first kappa shape index (κ1) is 9.05. The minimum atomic E-state index is 0.877. The van der Waals surface area contributed by atoms with Crippen molar-refractivity contribution in [1.29, 1.82) is 0 Å². The third kappa shape index (κ3) is 3.38. The van der Waals surface area contributed by atoms with Gasteiger partial charge >= 0.3 is 81.6 Å². The van der Waals surface area contributed by atoms with Crippen LogP contribution in [-0.4, -0.2) is 40.5 Å². The Balaban J connectivity index is 2.02. The zero-order valence-electron chi connectivity index (χ0n) is 7.03. The molecule has 1 aliphatic carbocycles. The predicted octanol–water partition coefficient (Wildman–Crippen LogP) is 1.50. The molecule has 0 aromatic rings. The molecule has 2 heteroatoms. The van der Waals surface area contributed by atoms with E-state index in [1.54, 1.807) is 0 Å². The van der Waals surface area contributed by atoms with Crippen LogP contribution in [0.5, 0.6) is 0 Å². The number of rotatable bonds is 3. The van der Waals surface area contributed by atoms with E-state index >= 15 is 0 Å². The van der Waals surface area contributed by atoms with Crippen molar-refractivity contribution in [3.8, 4) is 0 Å². The first-order chi connectivity index (χ1) is 4.93. The summed E-state index contributed by atoms with van der Waals surface area (Å²) in [6.07, 6.45) is 7.25. The molecule has 1 saturated carbocycles. The topological polar surface area (TPSA) is 12.0 Å². The summed E-state index contributed by atoms with van der Waals surface area (Å²) in [4.78, 5) is 0. The number of nitrogens with one attached hydrogen (secondary N) is 1. The molecule has 1 N–H and O–H groups in total. The molecule has 0 aromatic carbocycles. The van der Waals surface area contributed by atoms with Gasteiger partial charge < -0.3 is 0 Å². The molecule has 0 spiro atoms. The van der Waals surface area contributed by atoms with Crippen LogP contribution in [0.4, 0.5) is 0 Å². The number of hydrogen-bond acceptors (Lipinski definition) is 1. The fraction of sp³-hybridized carbons (Fsp3) is 1.00. The van der Waals surface area contributed by atoms with Crippen LogP contribution >= 0.6 is 0 Å². The van der Waals surface area contributed by atoms with E-state index < -0.39 is 0 Å². The molecule has 1 rings (SSSR count). The van der Waals surface area contributed by atoms with Crippen LogP contribution in [-0.2, 0) is 0 Å². The second-order valence-corrected chi connectivity index (χ2v) is 4.29. The summed E-state index contributed by atoms with van der Waals surface area (Å²) >= 11 is 1.36. The molecule has 10 heavy (non-hydrogen) atoms. The summed E-state index contributed by atoms with van der Waals surface area (Å²) in [5.41, 5.74) is 0. The maximum absolute atomic E-state index is 3.61. The standard InChI is InChI=1S/C8H16N.Na/c1-2-9-8-6-4-3-5-7-8;/h8-9H,1-7H2;. The van der Waals surface area contributed by atoms with Crippen molar-refractivity contribution in [1.82, 2.24) is 5.32 Å². The van der Waals surface area contributed by atoms with Crippen molar-refractivity contribution in [2.45, 2.75) is 41.8 Å². The molecule has 0 aliphatic heterocycles. The molecule has 0 amide bonds. The monoisotopic (exact) mass is 149 g/mol. The van der Waals surface area contributed by atoms with Gasteiger partial charge in [-0.2, -0.15) is 0 Å². The maximum atomic E-state index is 3.61. The molecule has 54 valence electrons. The van der Waals surface area contributed by atoms with Gasteiger partial charge in [-0.1, -0.05) is 0 Å². The van der Waals surface area contributed by atoms with Gasteiger partial charge in [0.25, 0.3) is 0 Å². The van der Waals surface area contributed by atoms with Gasteiger partial charge in [0.1, 0.15) is 0 Å². The molecule has 0 unspecified atom stereocenters. The fourth-order valence-corrected chi connectivity index (χ4v) is 1.94. The van der Waals surface area contributed by atoms with Gasteiger partial charge in [0.05, 0.1) is 0 Å². The van der Waals surface area contributed by atoms with E-state index in [-0.39, 0.29) is 0 Å². The molecule has 0 saturated heterocycles. The molecule has 1 fully saturated rings. The number of hydrogen-bond donors (Lipinski definition) is 1. The summed E-state index contributed by atoms with van der Waals surface area (Å²) in [5, 5.41) is 3.61. The molecular weight excluding hydrogens is 133 g/mol. The molecule has 0 atom stereocenters. The normalized spacial score (nSPS) is 21.4. The van der Waals surface area contributed by atoms with E-state index in [0.29, 0.717) is 0 Å². The van der Waals surface area contributed by atoms with Crippen molar-refractivity contribution in [3.05, 3.63) is 0 Å². The summed E-state index contributed by atoms with van der Waals surface area (Å²) in [6.45, 7) is 1.27. The molecular formula is C8H16NNa. The summed E-state index contributed by atoms with van der Waals surface area (Å²) in [5.74, 6) is 0. The zero-order valence-corrected chi connectivity index (χ0v) is 9.03. The van der Waals surface area contributed by atoms with E-state index in [1.807, 2.05) is 0 Å². The van der Waals surface area contributed by atoms with Crippen LogP contribution in [0.2, 0.25) is 3.67 Å². The van der Waals surface area contributed by atoms with Crippen molar-refractivity contribution in [2.24, 2.45) is 0 Å². The average molecular weight is 149 g/mol. The Kier molecular flexibility index (Phi) is 5.06. The Morgan fingerprint density at radius 3 is 2.50 bits per heavy atom. The van der Waals surface area contributed by atoms with Crippen LogP contribution in [0.15, 0.2) is 0 Å². The molecule has 0 radical (unpaired) electrons. The van der Waals surface area contributed by atoms with Gasteiger partial charge in [-0.3, -0.25) is 0 Å². The molecule has 0 aromatic heterocycles. The van der Waals surface area contributed by atoms with E-state index in [4.69, 9.17) is 0 Å². The van der Waals surface area contributed by atoms with Gasteiger partial charge in [0.15, 0.2) is 0 Å². The molecule has 1 nitrogen and oxygen atoms in total. The fourth-order valence-electron chi connectivity index (χ4n) is 1.66. The molecule has 1 aliphatic rings. The van der Waals surface area contributed by atoms with Crippen LogP contribution < -0.4 is 5.32 Å². The SMILES string of the molecule is [Na][CH2]CNC1CCCCC1. The van der Waals surface area contributed by atoms with Crippen LogP contribution in [0, 0.1) is 0 Å². The Labute approximate surface area is 81.4 Å². The van der Waals surface area contributed by atoms with E-state index in [0.717, 1.165) is 6.04 Å². The van der Waals surface area contributed by atoms with Gasteiger partial charge in [-0.25, -0.2) is 0 Å². The van der Waals surface area contributed by atoms with Crippen molar-refractivity contribution < 1.29 is 0 Å². The molecule has 0 heterocycles. The van der Waals surface area contributed by atoms with E-state index in [9.17, 15) is 0 Å². The first-order valence-electron chi connectivity index (χ1n) is 4.67. The van der Waals surface area contributed by atoms with Crippen molar-refractivity contribution in [3.63, 3.8) is 0 Å². The van der Waals surface area contributed by atoms with Crippen molar-refractivity contribution >= 4 is 27.9 Å². The third-order valence-corrected chi connectivity index (χ3v) is 2.79. The Morgan fingerprint density at radius 1 is 1.20 bits per heavy atom. The Morgan fingerprint density at radius 2 is 1.90 bits per heavy atom. The predicted molar refractivity (Wildman–Crippen MR) is 45.4 cm³/mol. The second kappa shape index (κ2) is 5.59. The van der Waals surface area contributed by atoms with E-state index in [1.165, 1.54) is 70.2 Å². The summed E-state index contributed by atoms with van der Waals surface area (Å²) in [6, 6.07) is 0.877. The van der Waals surface area contributed by atoms with Gasteiger partial charge in [-0.15, -0.1) is 0 Å². The minimum absolute atomic E-state index is 0.877. The Hall–Kier alpha value is 0.960. The average Bonchev–Trinajstić information content (AvgIpc) is 2.03. The molecule has 0 bridgehead atoms. The van der Waals surface area contributed by atoms with Crippen molar-refractivity contribution in [2.75, 3.05) is 6.54 Å². The van der Waals surface area contributed by atoms with Crippen LogP contribution in [0.1, 0.15) is 32.1 Å². The third-order valence-electron chi connectivity index (χ3n) is 2.29. The second-order valence-electron chi connectivity index (χ2n) is 3.29. The zero-order chi connectivity index (χ0) is 7.23. The van der Waals surface area contributed by atoms with Crippen LogP contribution in [0.25, 0.3) is 0 Å². The summed E-state index contributed by atoms with van der Waals surface area (Å²) in [7, 11) is 0. The van der Waals surface area contributed by atoms with Gasteiger partial charge in [0.2, 0.25) is 0 Å². The summed E-state index contributed by atoms with van der Waals surface area (Å²) < 4.78 is 1.41. The van der Waals surface area contributed by atoms with Gasteiger partial charge in [-0.05, 0) is 0 Å². The first-order valence-corrected chi connectivity index (χ1v) is 6.08. The quantitative estimate of drug-likeness (QED) is 0.599.